The average Bonchev–Trinajstić information content (AvgIpc) is 2.82. The van der Waals surface area contributed by atoms with Gasteiger partial charge in [-0.1, -0.05) is 44.7 Å². The Morgan fingerprint density at radius 1 is 0.906 bits per heavy atom. The molecule has 166 valence electrons. The van der Waals surface area contributed by atoms with Gasteiger partial charge in [0, 0.05) is 6.21 Å². The largest absolute Gasteiger partial charge is 0.494 e. The number of aliphatic imine (C=N–C) groups is 1. The van der Waals surface area contributed by atoms with E-state index in [9.17, 15) is 9.18 Å². The Labute approximate surface area is 188 Å². The van der Waals surface area contributed by atoms with Crippen LogP contribution in [-0.4, -0.2) is 18.8 Å². The third-order valence-electron chi connectivity index (χ3n) is 4.90. The summed E-state index contributed by atoms with van der Waals surface area (Å²) < 4.78 is 24.5. The quantitative estimate of drug-likeness (QED) is 0.140. The molecule has 0 unspecified atom stereocenters. The highest BCUT2D eigenvalue weighted by Gasteiger charge is 2.11. The maximum Gasteiger partial charge on any atom is 0.343 e. The molecule has 0 saturated heterocycles. The van der Waals surface area contributed by atoms with Crippen molar-refractivity contribution in [2.75, 3.05) is 6.61 Å². The van der Waals surface area contributed by atoms with Gasteiger partial charge in [0.05, 0.1) is 17.9 Å². The van der Waals surface area contributed by atoms with E-state index in [2.05, 4.69) is 11.9 Å². The van der Waals surface area contributed by atoms with Crippen LogP contribution in [0.4, 0.5) is 10.1 Å². The minimum absolute atomic E-state index is 0.0940. The van der Waals surface area contributed by atoms with Gasteiger partial charge in [-0.2, -0.15) is 0 Å². The van der Waals surface area contributed by atoms with Gasteiger partial charge in [-0.3, -0.25) is 4.99 Å². The number of nitrogens with zero attached hydrogens (tertiary/aromatic N) is 1. The summed E-state index contributed by atoms with van der Waals surface area (Å²) in [6, 6.07) is 20.2. The molecule has 0 spiro atoms. The van der Waals surface area contributed by atoms with Crippen LogP contribution in [0, 0.1) is 5.82 Å². The molecule has 0 heterocycles. The van der Waals surface area contributed by atoms with E-state index in [1.807, 2.05) is 24.3 Å². The first kappa shape index (κ1) is 23.2. The Kier molecular flexibility index (Phi) is 8.99. The molecule has 0 aromatic heterocycles. The van der Waals surface area contributed by atoms with E-state index in [1.165, 1.54) is 43.9 Å². The summed E-state index contributed by atoms with van der Waals surface area (Å²) in [7, 11) is 0. The zero-order valence-corrected chi connectivity index (χ0v) is 18.3. The zero-order valence-electron chi connectivity index (χ0n) is 18.3. The molecule has 5 heteroatoms. The first-order valence-corrected chi connectivity index (χ1v) is 11.0. The average molecular weight is 434 g/mol. The van der Waals surface area contributed by atoms with Gasteiger partial charge < -0.3 is 9.47 Å². The lowest BCUT2D eigenvalue weighted by atomic mass is 10.2. The zero-order chi connectivity index (χ0) is 22.6. The van der Waals surface area contributed by atoms with Gasteiger partial charge in [-0.15, -0.1) is 0 Å². The van der Waals surface area contributed by atoms with Gasteiger partial charge in [-0.05, 0) is 72.6 Å². The number of unbranched alkanes of at least 4 members (excludes halogenated alkanes) is 4. The molecule has 0 bridgehead atoms. The van der Waals surface area contributed by atoms with E-state index < -0.39 is 11.8 Å². The van der Waals surface area contributed by atoms with E-state index in [4.69, 9.17) is 9.47 Å². The second-order valence-corrected chi connectivity index (χ2v) is 7.46. The van der Waals surface area contributed by atoms with Crippen LogP contribution in [0.15, 0.2) is 77.8 Å². The highest BCUT2D eigenvalue weighted by molar-refractivity contribution is 5.91. The molecular formula is C27H28FNO3. The topological polar surface area (TPSA) is 47.9 Å². The predicted octanol–water partition coefficient (Wildman–Crippen LogP) is 7.14. The fraction of sp³-hybridized carbons (Fsp3) is 0.259. The summed E-state index contributed by atoms with van der Waals surface area (Å²) >= 11 is 0. The molecule has 3 rings (SSSR count). The second kappa shape index (κ2) is 12.4. The van der Waals surface area contributed by atoms with Crippen LogP contribution in [0.5, 0.6) is 11.5 Å². The molecule has 32 heavy (non-hydrogen) atoms. The molecular weight excluding hydrogens is 405 g/mol. The van der Waals surface area contributed by atoms with Crippen molar-refractivity contribution in [3.05, 3.63) is 89.7 Å². The number of esters is 1. The van der Waals surface area contributed by atoms with E-state index in [-0.39, 0.29) is 5.75 Å². The molecule has 0 atom stereocenters. The summed E-state index contributed by atoms with van der Waals surface area (Å²) in [5.74, 6) is -0.434. The van der Waals surface area contributed by atoms with Crippen LogP contribution < -0.4 is 9.47 Å². The minimum Gasteiger partial charge on any atom is -0.494 e. The van der Waals surface area contributed by atoms with Gasteiger partial charge in [0.1, 0.15) is 5.75 Å². The van der Waals surface area contributed by atoms with Crippen LogP contribution in [0.1, 0.15) is 54.9 Å². The van der Waals surface area contributed by atoms with Crippen LogP contribution >= 0.6 is 0 Å². The van der Waals surface area contributed by atoms with Crippen molar-refractivity contribution in [1.82, 2.24) is 0 Å². The number of rotatable bonds is 11. The lowest BCUT2D eigenvalue weighted by Crippen LogP contribution is -2.09. The molecule has 3 aromatic rings. The summed E-state index contributed by atoms with van der Waals surface area (Å²) in [5, 5.41) is 0. The third-order valence-corrected chi connectivity index (χ3v) is 4.90. The molecule has 0 amide bonds. The number of halogens is 1. The van der Waals surface area contributed by atoms with Gasteiger partial charge in [-0.25, -0.2) is 9.18 Å². The maximum absolute atomic E-state index is 13.6. The summed E-state index contributed by atoms with van der Waals surface area (Å²) in [4.78, 5) is 16.6. The number of benzene rings is 3. The highest BCUT2D eigenvalue weighted by atomic mass is 19.1. The van der Waals surface area contributed by atoms with Crippen LogP contribution in [0.2, 0.25) is 0 Å². The fourth-order valence-electron chi connectivity index (χ4n) is 3.06. The Morgan fingerprint density at radius 2 is 1.62 bits per heavy atom. The van der Waals surface area contributed by atoms with E-state index >= 15 is 0 Å². The van der Waals surface area contributed by atoms with Crippen molar-refractivity contribution in [2.45, 2.75) is 39.0 Å². The Morgan fingerprint density at radius 3 is 2.34 bits per heavy atom. The van der Waals surface area contributed by atoms with Crippen molar-refractivity contribution in [3.63, 3.8) is 0 Å². The van der Waals surface area contributed by atoms with Crippen LogP contribution in [0.3, 0.4) is 0 Å². The molecule has 0 saturated carbocycles. The monoisotopic (exact) mass is 433 g/mol. The third kappa shape index (κ3) is 7.34. The first-order chi connectivity index (χ1) is 15.7. The Balaban J connectivity index is 1.49. The molecule has 4 nitrogen and oxygen atoms in total. The van der Waals surface area contributed by atoms with Crippen molar-refractivity contribution in [3.8, 4) is 11.5 Å². The van der Waals surface area contributed by atoms with Crippen LogP contribution in [-0.2, 0) is 0 Å². The normalized spacial score (nSPS) is 10.9. The van der Waals surface area contributed by atoms with Gasteiger partial charge in [0.15, 0.2) is 11.6 Å². The number of carbonyl (C=O) groups excluding carboxylic acids is 1. The van der Waals surface area contributed by atoms with Gasteiger partial charge in [0.25, 0.3) is 0 Å². The summed E-state index contributed by atoms with van der Waals surface area (Å²) in [6.45, 7) is 2.95. The van der Waals surface area contributed by atoms with Gasteiger partial charge in [0.2, 0.25) is 0 Å². The Hall–Kier alpha value is -3.47. The minimum atomic E-state index is -0.619. The number of hydrogen-bond acceptors (Lipinski definition) is 4. The predicted molar refractivity (Wildman–Crippen MR) is 126 cm³/mol. The van der Waals surface area contributed by atoms with Crippen molar-refractivity contribution in [2.24, 2.45) is 4.99 Å². The second-order valence-electron chi connectivity index (χ2n) is 7.46. The summed E-state index contributed by atoms with van der Waals surface area (Å²) in [6.07, 6.45) is 7.83. The Bertz CT molecular complexity index is 1010. The maximum atomic E-state index is 13.6. The molecule has 0 radical (unpaired) electrons. The highest BCUT2D eigenvalue weighted by Crippen LogP contribution is 2.19. The molecule has 0 fully saturated rings. The van der Waals surface area contributed by atoms with Crippen molar-refractivity contribution < 1.29 is 18.7 Å². The molecule has 3 aromatic carbocycles. The number of hydrogen-bond donors (Lipinski definition) is 0. The van der Waals surface area contributed by atoms with E-state index in [0.717, 1.165) is 24.3 Å². The first-order valence-electron chi connectivity index (χ1n) is 11.0. The molecule has 0 aliphatic carbocycles. The van der Waals surface area contributed by atoms with Gasteiger partial charge >= 0.3 is 5.97 Å². The van der Waals surface area contributed by atoms with Crippen molar-refractivity contribution >= 4 is 17.9 Å². The molecule has 0 aliphatic heterocycles. The number of ether oxygens (including phenoxy) is 2. The lowest BCUT2D eigenvalue weighted by molar-refractivity contribution is 0.0728. The molecule has 0 aliphatic rings. The van der Waals surface area contributed by atoms with E-state index in [1.54, 1.807) is 36.5 Å². The van der Waals surface area contributed by atoms with Crippen LogP contribution in [0.25, 0.3) is 0 Å². The van der Waals surface area contributed by atoms with E-state index in [0.29, 0.717) is 11.3 Å². The van der Waals surface area contributed by atoms with Crippen molar-refractivity contribution in [1.29, 1.82) is 0 Å². The number of carbonyl (C=O) groups is 1. The summed E-state index contributed by atoms with van der Waals surface area (Å²) in [5.41, 5.74) is 1.96. The standard InChI is InChI=1S/C27H28FNO3/c1-2-3-4-5-8-19-31-24-17-11-21(12-18-24)20-29-23-15-13-22(14-16-23)27(30)32-26-10-7-6-9-25(26)28/h6-7,9-18,20H,2-5,8,19H2,1H3. The molecule has 0 N–H and O–H groups in total. The smallest absolute Gasteiger partial charge is 0.343 e. The fourth-order valence-corrected chi connectivity index (χ4v) is 3.06. The lowest BCUT2D eigenvalue weighted by Gasteiger charge is -2.06. The SMILES string of the molecule is CCCCCCCOc1ccc(C=Nc2ccc(C(=O)Oc3ccccc3F)cc2)cc1. The number of para-hydroxylation sites is 1.